The lowest BCUT2D eigenvalue weighted by Crippen LogP contribution is -2.17. The van der Waals surface area contributed by atoms with Gasteiger partial charge >= 0.3 is 11.9 Å². The molecule has 0 saturated carbocycles. The Bertz CT molecular complexity index is 1200. The van der Waals surface area contributed by atoms with Crippen molar-refractivity contribution < 1.29 is 19.1 Å². The van der Waals surface area contributed by atoms with Crippen molar-refractivity contribution in [2.24, 2.45) is 11.8 Å². The van der Waals surface area contributed by atoms with E-state index in [0.29, 0.717) is 24.0 Å². The topological polar surface area (TPSA) is 178 Å². The highest BCUT2D eigenvalue weighted by Crippen LogP contribution is 2.43. The van der Waals surface area contributed by atoms with E-state index >= 15 is 0 Å². The third-order valence-electron chi connectivity index (χ3n) is 5.20. The van der Waals surface area contributed by atoms with Gasteiger partial charge in [0.2, 0.25) is 0 Å². The molecule has 0 radical (unpaired) electrons. The molecule has 12 heteroatoms. The fraction of sp³-hybridized carbons (Fsp3) is 0.462. The Balaban J connectivity index is 2.65. The molecule has 2 heterocycles. The molecule has 0 fully saturated rings. The third-order valence-corrected chi connectivity index (χ3v) is 7.39. The van der Waals surface area contributed by atoms with Crippen LogP contribution in [0.5, 0.6) is 0 Å². The summed E-state index contributed by atoms with van der Waals surface area (Å²) in [4.78, 5) is 33.9. The summed E-state index contributed by atoms with van der Waals surface area (Å²) in [6.45, 7) is 11.5. The number of esters is 2. The predicted octanol–water partition coefficient (Wildman–Crippen LogP) is 4.93. The molecular formula is C26H32N6O4S2. The van der Waals surface area contributed by atoms with Crippen molar-refractivity contribution in [1.29, 1.82) is 10.5 Å². The molecule has 2 aromatic heterocycles. The maximum absolute atomic E-state index is 12.6. The lowest BCUT2D eigenvalue weighted by atomic mass is 9.95. The molecule has 0 atom stereocenters. The van der Waals surface area contributed by atoms with Crippen molar-refractivity contribution >= 4 is 45.2 Å². The van der Waals surface area contributed by atoms with E-state index < -0.39 is 11.9 Å². The second-order valence-corrected chi connectivity index (χ2v) is 11.2. The Morgan fingerprint density at radius 3 is 1.39 bits per heavy atom. The largest absolute Gasteiger partial charge is 0.462 e. The van der Waals surface area contributed by atoms with Gasteiger partial charge in [0.15, 0.2) is 0 Å². The van der Waals surface area contributed by atoms with E-state index in [0.717, 1.165) is 21.6 Å². The summed E-state index contributed by atoms with van der Waals surface area (Å²) in [7, 11) is 2.14. The number of nitrogen functional groups attached to an aromatic ring is 2. The molecule has 0 spiro atoms. The van der Waals surface area contributed by atoms with Crippen molar-refractivity contribution in [3.8, 4) is 12.1 Å². The van der Waals surface area contributed by atoms with E-state index in [4.69, 9.17) is 20.9 Å². The summed E-state index contributed by atoms with van der Waals surface area (Å²) in [5, 5.41) is 20.6. The molecule has 2 aromatic rings. The number of rotatable bonds is 11. The van der Waals surface area contributed by atoms with E-state index in [1.807, 2.05) is 27.7 Å². The quantitative estimate of drug-likeness (QED) is 0.282. The Morgan fingerprint density at radius 1 is 0.789 bits per heavy atom. The Kier molecular flexibility index (Phi) is 11.2. The average Bonchev–Trinajstić information content (AvgIpc) is 2.82. The number of nitrogens with two attached hydrogens (primary N) is 2. The van der Waals surface area contributed by atoms with Crippen molar-refractivity contribution in [1.82, 2.24) is 9.97 Å². The Hall–Kier alpha value is -3.48. The van der Waals surface area contributed by atoms with Crippen LogP contribution >= 0.6 is 21.6 Å². The van der Waals surface area contributed by atoms with Gasteiger partial charge in [0.25, 0.3) is 0 Å². The van der Waals surface area contributed by atoms with Crippen LogP contribution in [0.25, 0.3) is 0 Å². The third kappa shape index (κ3) is 7.09. The highest BCUT2D eigenvalue weighted by atomic mass is 33.1. The van der Waals surface area contributed by atoms with E-state index in [1.54, 1.807) is 13.8 Å². The fourth-order valence-corrected chi connectivity index (χ4v) is 5.91. The first-order chi connectivity index (χ1) is 18.0. The van der Waals surface area contributed by atoms with Crippen LogP contribution in [0.15, 0.2) is 10.1 Å². The first kappa shape index (κ1) is 30.7. The summed E-state index contributed by atoms with van der Waals surface area (Å²) in [5.74, 6) is -1.14. The van der Waals surface area contributed by atoms with Crippen LogP contribution < -0.4 is 11.5 Å². The van der Waals surface area contributed by atoms with Crippen molar-refractivity contribution in [2.45, 2.75) is 64.4 Å². The molecule has 0 aliphatic rings. The first-order valence-corrected chi connectivity index (χ1v) is 14.3. The standard InChI is InChI=1S/C26H32N6O4S2/c1-7-35-25(33)19-15(9-13(3)4)17(11-27)23(31-21(19)29)37-38-24-18(12-28)16(10-14(5)6)20(22(30)32-24)26(34)36-8-2/h13-14H,7-10H2,1-6H3,(H2,29,31)(H2,30,32). The number of nitriles is 2. The number of ether oxygens (including phenoxy) is 2. The second kappa shape index (κ2) is 13.9. The maximum atomic E-state index is 12.6. The zero-order valence-corrected chi connectivity index (χ0v) is 24.0. The van der Waals surface area contributed by atoms with Crippen molar-refractivity contribution in [2.75, 3.05) is 24.7 Å². The zero-order valence-electron chi connectivity index (χ0n) is 22.4. The number of anilines is 2. The van der Waals surface area contributed by atoms with Crippen molar-refractivity contribution in [3.05, 3.63) is 33.4 Å². The highest BCUT2D eigenvalue weighted by Gasteiger charge is 2.28. The Morgan fingerprint density at radius 2 is 1.13 bits per heavy atom. The van der Waals surface area contributed by atoms with Gasteiger partial charge in [0.05, 0.1) is 24.3 Å². The maximum Gasteiger partial charge on any atom is 0.342 e. The lowest BCUT2D eigenvalue weighted by molar-refractivity contribution is 0.0515. The van der Waals surface area contributed by atoms with E-state index in [9.17, 15) is 20.1 Å². The van der Waals surface area contributed by atoms with E-state index in [2.05, 4.69) is 22.1 Å². The van der Waals surface area contributed by atoms with Crippen molar-refractivity contribution in [3.63, 3.8) is 0 Å². The molecule has 4 N–H and O–H groups in total. The van der Waals surface area contributed by atoms with Crippen LogP contribution in [-0.4, -0.2) is 35.1 Å². The van der Waals surface area contributed by atoms with Crippen LogP contribution in [0.1, 0.15) is 84.5 Å². The molecule has 10 nitrogen and oxygen atoms in total. The molecule has 0 aromatic carbocycles. The highest BCUT2D eigenvalue weighted by molar-refractivity contribution is 8.76. The summed E-state index contributed by atoms with van der Waals surface area (Å²) < 4.78 is 10.3. The van der Waals surface area contributed by atoms with Gasteiger partial charge in [-0.1, -0.05) is 27.7 Å². The van der Waals surface area contributed by atoms with E-state index in [-0.39, 0.29) is 69.0 Å². The average molecular weight is 557 g/mol. The second-order valence-electron chi connectivity index (χ2n) is 9.09. The molecule has 2 rings (SSSR count). The monoisotopic (exact) mass is 556 g/mol. The number of hydrogen-bond donors (Lipinski definition) is 2. The lowest BCUT2D eigenvalue weighted by Gasteiger charge is -2.18. The van der Waals surface area contributed by atoms with Crippen LogP contribution in [0.2, 0.25) is 0 Å². The van der Waals surface area contributed by atoms with Gasteiger partial charge < -0.3 is 20.9 Å². The van der Waals surface area contributed by atoms with Gasteiger partial charge in [-0.15, -0.1) is 0 Å². The van der Waals surface area contributed by atoms with Gasteiger partial charge in [0, 0.05) is 0 Å². The number of pyridine rings is 2. The smallest absolute Gasteiger partial charge is 0.342 e. The Labute approximate surface area is 230 Å². The summed E-state index contributed by atoms with van der Waals surface area (Å²) in [6, 6.07) is 4.31. The van der Waals surface area contributed by atoms with Crippen LogP contribution in [-0.2, 0) is 22.3 Å². The van der Waals surface area contributed by atoms with Gasteiger partial charge in [-0.2, -0.15) is 10.5 Å². The van der Waals surface area contributed by atoms with Gasteiger partial charge in [-0.3, -0.25) is 0 Å². The molecule has 38 heavy (non-hydrogen) atoms. The predicted molar refractivity (Wildman–Crippen MR) is 147 cm³/mol. The minimum atomic E-state index is -0.636. The molecule has 0 aliphatic heterocycles. The molecule has 0 unspecified atom stereocenters. The van der Waals surface area contributed by atoms with Crippen LogP contribution in [0.4, 0.5) is 11.6 Å². The first-order valence-electron chi connectivity index (χ1n) is 12.1. The molecular weight excluding hydrogens is 524 g/mol. The molecule has 0 saturated heterocycles. The number of carbonyl (C=O) groups excluding carboxylic acids is 2. The van der Waals surface area contributed by atoms with E-state index in [1.165, 1.54) is 0 Å². The SMILES string of the molecule is CCOC(=O)c1c(N)nc(SSc2nc(N)c(C(=O)OCC)c(CC(C)C)c2C#N)c(C#N)c1CC(C)C. The van der Waals surface area contributed by atoms with Gasteiger partial charge in [-0.05, 0) is 71.2 Å². The minimum absolute atomic E-state index is 0.0488. The normalized spacial score (nSPS) is 10.8. The van der Waals surface area contributed by atoms with Crippen LogP contribution in [0, 0.1) is 34.5 Å². The molecule has 0 bridgehead atoms. The summed E-state index contributed by atoms with van der Waals surface area (Å²) in [5.41, 5.74) is 13.9. The number of aromatic nitrogens is 2. The number of hydrogen-bond acceptors (Lipinski definition) is 12. The summed E-state index contributed by atoms with van der Waals surface area (Å²) >= 11 is 0. The van der Waals surface area contributed by atoms with Gasteiger partial charge in [-0.25, -0.2) is 19.6 Å². The molecule has 202 valence electrons. The van der Waals surface area contributed by atoms with Crippen LogP contribution in [0.3, 0.4) is 0 Å². The zero-order chi connectivity index (χ0) is 28.6. The van der Waals surface area contributed by atoms with Gasteiger partial charge in [0.1, 0.15) is 45.0 Å². The molecule has 0 amide bonds. The minimum Gasteiger partial charge on any atom is -0.462 e. The fourth-order valence-electron chi connectivity index (χ4n) is 3.78. The summed E-state index contributed by atoms with van der Waals surface area (Å²) in [6.07, 6.45) is 0.812. The number of carbonyl (C=O) groups is 2. The molecule has 0 aliphatic carbocycles. The number of nitrogens with zero attached hydrogens (tertiary/aromatic N) is 4.